The Balaban J connectivity index is 1.77. The molecule has 0 saturated heterocycles. The highest BCUT2D eigenvalue weighted by atomic mass is 32.1. The van der Waals surface area contributed by atoms with Crippen molar-refractivity contribution in [2.75, 3.05) is 18.2 Å². The first-order valence-electron chi connectivity index (χ1n) is 10.2. The quantitative estimate of drug-likeness (QED) is 0.383. The number of nitrogen functional groups attached to an aromatic ring is 1. The second kappa shape index (κ2) is 9.25. The van der Waals surface area contributed by atoms with E-state index in [1.807, 2.05) is 30.3 Å². The van der Waals surface area contributed by atoms with Gasteiger partial charge in [0.05, 0.1) is 24.2 Å². The predicted molar refractivity (Wildman–Crippen MR) is 126 cm³/mol. The molecule has 1 aliphatic rings. The maximum absolute atomic E-state index is 13.3. The van der Waals surface area contributed by atoms with Crippen LogP contribution in [-0.2, 0) is 20.9 Å². The van der Waals surface area contributed by atoms with Crippen LogP contribution in [0.5, 0.6) is 0 Å². The number of nitrogens with one attached hydrogen (secondary N) is 2. The molecule has 8 nitrogen and oxygen atoms in total. The molecule has 168 valence electrons. The van der Waals surface area contributed by atoms with E-state index < -0.39 is 17.9 Å². The first kappa shape index (κ1) is 22.2. The number of nitrogens with two attached hydrogens (primary N) is 1. The molecule has 33 heavy (non-hydrogen) atoms. The van der Waals surface area contributed by atoms with Gasteiger partial charge in [0.25, 0.3) is 0 Å². The molecule has 0 radical (unpaired) electrons. The zero-order valence-corrected chi connectivity index (χ0v) is 18.9. The number of hydrogen-bond donors (Lipinski definition) is 3. The largest absolute Gasteiger partial charge is 0.465 e. The Labute approximate surface area is 195 Å². The van der Waals surface area contributed by atoms with E-state index >= 15 is 0 Å². The summed E-state index contributed by atoms with van der Waals surface area (Å²) >= 11 is 5.17. The topological polar surface area (TPSA) is 119 Å². The summed E-state index contributed by atoms with van der Waals surface area (Å²) in [5, 5.41) is 3.14. The van der Waals surface area contributed by atoms with Crippen LogP contribution in [0.15, 0.2) is 65.9 Å². The number of ether oxygens (including phenoxy) is 2. The van der Waals surface area contributed by atoms with Gasteiger partial charge in [-0.1, -0.05) is 42.5 Å². The lowest BCUT2D eigenvalue weighted by molar-refractivity contribution is -0.140. The molecule has 4 N–H and O–H groups in total. The number of H-pyrrole nitrogens is 1. The third kappa shape index (κ3) is 4.49. The summed E-state index contributed by atoms with van der Waals surface area (Å²) in [5.74, 6) is -0.767. The van der Waals surface area contributed by atoms with Crippen LogP contribution in [0.1, 0.15) is 39.9 Å². The normalized spacial score (nSPS) is 14.8. The molecule has 4 rings (SSSR count). The van der Waals surface area contributed by atoms with Crippen molar-refractivity contribution in [3.8, 4) is 0 Å². The number of carbonyl (C=O) groups excluding carboxylic acids is 2. The van der Waals surface area contributed by atoms with Crippen molar-refractivity contribution < 1.29 is 19.1 Å². The fraction of sp³-hybridized carbons (Fsp3) is 0.167. The number of carbonyl (C=O) groups is 2. The molecule has 0 spiro atoms. The van der Waals surface area contributed by atoms with Crippen molar-refractivity contribution in [2.24, 2.45) is 0 Å². The van der Waals surface area contributed by atoms with E-state index in [0.29, 0.717) is 34.0 Å². The van der Waals surface area contributed by atoms with Crippen LogP contribution >= 0.6 is 12.2 Å². The molecule has 3 aromatic rings. The molecular formula is C24H22N4O4S. The summed E-state index contributed by atoms with van der Waals surface area (Å²) in [7, 11) is 1.32. The van der Waals surface area contributed by atoms with Crippen molar-refractivity contribution in [1.82, 2.24) is 9.97 Å². The summed E-state index contributed by atoms with van der Waals surface area (Å²) in [6.45, 7) is 1.90. The van der Waals surface area contributed by atoms with Gasteiger partial charge in [-0.3, -0.25) is 0 Å². The molecule has 9 heteroatoms. The van der Waals surface area contributed by atoms with Crippen molar-refractivity contribution in [3.63, 3.8) is 0 Å². The number of allylic oxidation sites excluding steroid dienone is 1. The van der Waals surface area contributed by atoms with Crippen LogP contribution in [0, 0.1) is 4.77 Å². The standard InChI is InChI=1S/C24H22N4O4S/c1-13-17(23(30)32-12-14-6-4-3-5-7-14)18(15-8-10-16(11-9-15)22(29)31-2)19-20(25)27-24(33)28-21(19)26-13/h3-11,18H,12H2,1-2H3,(H4,25,26,27,28,33). The van der Waals surface area contributed by atoms with Gasteiger partial charge in [-0.15, -0.1) is 0 Å². The van der Waals surface area contributed by atoms with E-state index in [2.05, 4.69) is 15.3 Å². The van der Waals surface area contributed by atoms with Crippen LogP contribution in [0.2, 0.25) is 0 Å². The number of benzene rings is 2. The van der Waals surface area contributed by atoms with E-state index in [9.17, 15) is 9.59 Å². The molecule has 2 aromatic carbocycles. The lowest BCUT2D eigenvalue weighted by Crippen LogP contribution is -2.26. The Kier molecular flexibility index (Phi) is 6.23. The molecule has 0 bridgehead atoms. The van der Waals surface area contributed by atoms with Gasteiger partial charge in [-0.2, -0.15) is 0 Å². The highest BCUT2D eigenvalue weighted by molar-refractivity contribution is 7.71. The summed E-state index contributed by atoms with van der Waals surface area (Å²) in [4.78, 5) is 32.4. The molecule has 0 fully saturated rings. The highest BCUT2D eigenvalue weighted by Crippen LogP contribution is 2.43. The minimum absolute atomic E-state index is 0.127. The van der Waals surface area contributed by atoms with Crippen LogP contribution in [0.3, 0.4) is 0 Å². The molecule has 2 heterocycles. The van der Waals surface area contributed by atoms with E-state index in [1.165, 1.54) is 7.11 Å². The minimum atomic E-state index is -0.587. The molecular weight excluding hydrogens is 440 g/mol. The van der Waals surface area contributed by atoms with E-state index in [0.717, 1.165) is 11.1 Å². The Morgan fingerprint density at radius 3 is 2.45 bits per heavy atom. The molecule has 0 saturated carbocycles. The molecule has 0 aliphatic carbocycles. The zero-order valence-electron chi connectivity index (χ0n) is 18.0. The maximum atomic E-state index is 13.3. The lowest BCUT2D eigenvalue weighted by atomic mass is 9.81. The van der Waals surface area contributed by atoms with Crippen LogP contribution in [-0.4, -0.2) is 29.0 Å². The number of esters is 2. The van der Waals surface area contributed by atoms with Crippen LogP contribution in [0.25, 0.3) is 0 Å². The fourth-order valence-corrected chi connectivity index (χ4v) is 4.03. The first-order chi connectivity index (χ1) is 15.9. The maximum Gasteiger partial charge on any atom is 0.337 e. The number of rotatable bonds is 5. The van der Waals surface area contributed by atoms with Gasteiger partial charge < -0.3 is 25.5 Å². The van der Waals surface area contributed by atoms with Gasteiger partial charge in [-0.25, -0.2) is 14.6 Å². The minimum Gasteiger partial charge on any atom is -0.465 e. The number of aromatic nitrogens is 2. The van der Waals surface area contributed by atoms with Gasteiger partial charge in [0.2, 0.25) is 0 Å². The highest BCUT2D eigenvalue weighted by Gasteiger charge is 2.36. The van der Waals surface area contributed by atoms with Gasteiger partial charge in [0.15, 0.2) is 4.77 Å². The molecule has 1 aromatic heterocycles. The average molecular weight is 463 g/mol. The van der Waals surface area contributed by atoms with Gasteiger partial charge in [0, 0.05) is 11.3 Å². The predicted octanol–water partition coefficient (Wildman–Crippen LogP) is 4.08. The van der Waals surface area contributed by atoms with E-state index in [1.54, 1.807) is 31.2 Å². The van der Waals surface area contributed by atoms with Gasteiger partial charge >= 0.3 is 11.9 Å². The number of hydrogen-bond acceptors (Lipinski definition) is 8. The third-order valence-electron chi connectivity index (χ3n) is 5.39. The lowest BCUT2D eigenvalue weighted by Gasteiger charge is -2.30. The molecule has 1 unspecified atom stereocenters. The Hall–Kier alpha value is -3.98. The number of methoxy groups -OCH3 is 1. The Morgan fingerprint density at radius 1 is 1.09 bits per heavy atom. The Bertz CT molecular complexity index is 1300. The summed E-state index contributed by atoms with van der Waals surface area (Å²) in [6, 6.07) is 16.2. The number of aromatic amines is 1. The van der Waals surface area contributed by atoms with Crippen molar-refractivity contribution in [1.29, 1.82) is 0 Å². The zero-order chi connectivity index (χ0) is 23.5. The van der Waals surface area contributed by atoms with E-state index in [-0.39, 0.29) is 11.4 Å². The van der Waals surface area contributed by atoms with Crippen LogP contribution < -0.4 is 11.1 Å². The fourth-order valence-electron chi connectivity index (χ4n) is 3.83. The van der Waals surface area contributed by atoms with Gasteiger partial charge in [0.1, 0.15) is 18.2 Å². The molecule has 1 aliphatic heterocycles. The average Bonchev–Trinajstić information content (AvgIpc) is 2.81. The van der Waals surface area contributed by atoms with Crippen molar-refractivity contribution in [3.05, 3.63) is 92.9 Å². The third-order valence-corrected chi connectivity index (χ3v) is 5.58. The summed E-state index contributed by atoms with van der Waals surface area (Å²) < 4.78 is 10.6. The Morgan fingerprint density at radius 2 is 1.79 bits per heavy atom. The molecule has 1 atom stereocenters. The SMILES string of the molecule is COC(=O)c1ccc(C2C(C(=O)OCc3ccccc3)=C(C)Nc3nc(=S)[nH]c(N)c32)cc1. The summed E-state index contributed by atoms with van der Waals surface area (Å²) in [5.41, 5.74) is 9.83. The second-order valence-electron chi connectivity index (χ2n) is 7.49. The monoisotopic (exact) mass is 462 g/mol. The smallest absolute Gasteiger partial charge is 0.337 e. The van der Waals surface area contributed by atoms with Crippen molar-refractivity contribution in [2.45, 2.75) is 19.4 Å². The second-order valence-corrected chi connectivity index (χ2v) is 7.88. The van der Waals surface area contributed by atoms with Crippen molar-refractivity contribution >= 4 is 35.8 Å². The molecule has 0 amide bonds. The van der Waals surface area contributed by atoms with Crippen LogP contribution in [0.4, 0.5) is 11.6 Å². The summed E-state index contributed by atoms with van der Waals surface area (Å²) in [6.07, 6.45) is 0. The number of nitrogens with zero attached hydrogens (tertiary/aromatic N) is 1. The first-order valence-corrected chi connectivity index (χ1v) is 10.6. The van der Waals surface area contributed by atoms with Gasteiger partial charge in [-0.05, 0) is 42.4 Å². The number of anilines is 2. The number of fused-ring (bicyclic) bond motifs is 1. The van der Waals surface area contributed by atoms with E-state index in [4.69, 9.17) is 27.4 Å².